The van der Waals surface area contributed by atoms with E-state index in [4.69, 9.17) is 9.72 Å². The number of ether oxygens (including phenoxy) is 1. The van der Waals surface area contributed by atoms with E-state index >= 15 is 0 Å². The van der Waals surface area contributed by atoms with Crippen LogP contribution in [-0.4, -0.2) is 9.55 Å². The molecule has 262 valence electrons. The second-order valence-corrected chi connectivity index (χ2v) is 14.3. The first-order chi connectivity index (χ1) is 27.8. The zero-order valence-corrected chi connectivity index (χ0v) is 30.4. The predicted octanol–water partition coefficient (Wildman–Crippen LogP) is 14.3. The molecule has 0 unspecified atom stereocenters. The van der Waals surface area contributed by atoms with Crippen molar-refractivity contribution in [1.82, 2.24) is 9.55 Å². The van der Waals surface area contributed by atoms with Crippen molar-refractivity contribution < 1.29 is 4.74 Å². The molecule has 0 saturated heterocycles. The minimum Gasteiger partial charge on any atom is -0.455 e. The van der Waals surface area contributed by atoms with Gasteiger partial charge in [-0.25, -0.2) is 4.98 Å². The molecule has 0 spiro atoms. The Morgan fingerprint density at radius 1 is 0.375 bits per heavy atom. The van der Waals surface area contributed by atoms with Crippen molar-refractivity contribution in [2.75, 3.05) is 0 Å². The summed E-state index contributed by atoms with van der Waals surface area (Å²) in [4.78, 5) is 5.28. The van der Waals surface area contributed by atoms with Gasteiger partial charge in [0.15, 0.2) is 0 Å². The standard InChI is InChI=1S/C53H34N2O/c1-3-16-36(17-4-1)53-54-49-34-38(29-32-50(49)55(53)39-18-5-2-6-19-39)37-28-30-45-43-23-10-9-21-41(43)42-22-11-12-24-44(42)46-25-13-14-26-51(46)56-52-40-20-8-7-15-35(40)27-31-47(52)48(45)33-37/h1-34H. The van der Waals surface area contributed by atoms with Crippen LogP contribution in [0.5, 0.6) is 11.5 Å². The molecule has 10 aromatic rings. The first kappa shape index (κ1) is 32.0. The fourth-order valence-electron chi connectivity index (χ4n) is 8.42. The van der Waals surface area contributed by atoms with Gasteiger partial charge in [0.25, 0.3) is 0 Å². The molecule has 0 amide bonds. The Kier molecular flexibility index (Phi) is 7.49. The molecule has 2 heterocycles. The number of benzene rings is 9. The minimum absolute atomic E-state index is 0.823. The molecule has 9 aromatic carbocycles. The smallest absolute Gasteiger partial charge is 0.145 e. The molecule has 0 radical (unpaired) electrons. The lowest BCUT2D eigenvalue weighted by Crippen LogP contribution is -1.97. The van der Waals surface area contributed by atoms with E-state index in [1.807, 2.05) is 6.07 Å². The molecule has 1 aliphatic rings. The number of nitrogens with zero attached hydrogens (tertiary/aromatic N) is 2. The normalized spacial score (nSPS) is 11.7. The highest BCUT2D eigenvalue weighted by molar-refractivity contribution is 6.03. The van der Waals surface area contributed by atoms with Gasteiger partial charge in [0.1, 0.15) is 17.3 Å². The summed E-state index contributed by atoms with van der Waals surface area (Å²) in [6.45, 7) is 0. The van der Waals surface area contributed by atoms with Gasteiger partial charge in [-0.1, -0.05) is 164 Å². The molecule has 11 rings (SSSR count). The maximum absolute atomic E-state index is 7.19. The number of rotatable bonds is 3. The highest BCUT2D eigenvalue weighted by Crippen LogP contribution is 2.50. The molecular weight excluding hydrogens is 681 g/mol. The van der Waals surface area contributed by atoms with E-state index in [2.05, 4.69) is 205 Å². The van der Waals surface area contributed by atoms with Crippen molar-refractivity contribution in [3.05, 3.63) is 206 Å². The summed E-state index contributed by atoms with van der Waals surface area (Å²) in [7, 11) is 0. The number of aromatic nitrogens is 2. The summed E-state index contributed by atoms with van der Waals surface area (Å²) in [6.07, 6.45) is 0. The highest BCUT2D eigenvalue weighted by Gasteiger charge is 2.23. The van der Waals surface area contributed by atoms with E-state index in [1.165, 1.54) is 16.7 Å². The van der Waals surface area contributed by atoms with Crippen LogP contribution in [0.25, 0.3) is 94.5 Å². The number of para-hydroxylation sites is 2. The van der Waals surface area contributed by atoms with Crippen molar-refractivity contribution in [1.29, 1.82) is 0 Å². The van der Waals surface area contributed by atoms with Gasteiger partial charge in [0.05, 0.1) is 11.0 Å². The molecule has 0 saturated carbocycles. The van der Waals surface area contributed by atoms with Crippen molar-refractivity contribution in [2.24, 2.45) is 0 Å². The van der Waals surface area contributed by atoms with Crippen LogP contribution in [0.2, 0.25) is 0 Å². The van der Waals surface area contributed by atoms with Gasteiger partial charge in [-0.2, -0.15) is 0 Å². The molecule has 56 heavy (non-hydrogen) atoms. The Hall–Kier alpha value is -7.49. The lowest BCUT2D eigenvalue weighted by atomic mass is 9.85. The molecule has 3 nitrogen and oxygen atoms in total. The van der Waals surface area contributed by atoms with Crippen molar-refractivity contribution in [2.45, 2.75) is 0 Å². The highest BCUT2D eigenvalue weighted by atomic mass is 16.5. The van der Waals surface area contributed by atoms with Gasteiger partial charge < -0.3 is 4.74 Å². The van der Waals surface area contributed by atoms with Crippen LogP contribution in [-0.2, 0) is 0 Å². The van der Waals surface area contributed by atoms with E-state index in [9.17, 15) is 0 Å². The van der Waals surface area contributed by atoms with Crippen LogP contribution in [0.1, 0.15) is 0 Å². The molecule has 3 heteroatoms. The summed E-state index contributed by atoms with van der Waals surface area (Å²) in [6, 6.07) is 73.3. The Bertz CT molecular complexity index is 3110. The second-order valence-electron chi connectivity index (χ2n) is 14.3. The van der Waals surface area contributed by atoms with Crippen LogP contribution in [0, 0.1) is 0 Å². The topological polar surface area (TPSA) is 27.1 Å². The second kappa shape index (κ2) is 13.1. The predicted molar refractivity (Wildman–Crippen MR) is 231 cm³/mol. The molecule has 0 atom stereocenters. The maximum atomic E-state index is 7.19. The van der Waals surface area contributed by atoms with Gasteiger partial charge in [0.2, 0.25) is 0 Å². The van der Waals surface area contributed by atoms with Gasteiger partial charge in [-0.05, 0) is 92.4 Å². The first-order valence-corrected chi connectivity index (χ1v) is 19.0. The van der Waals surface area contributed by atoms with Gasteiger partial charge in [-0.15, -0.1) is 0 Å². The average molecular weight is 715 g/mol. The molecule has 0 aliphatic carbocycles. The van der Waals surface area contributed by atoms with Gasteiger partial charge in [0, 0.05) is 27.8 Å². The van der Waals surface area contributed by atoms with E-state index < -0.39 is 0 Å². The largest absolute Gasteiger partial charge is 0.455 e. The maximum Gasteiger partial charge on any atom is 0.145 e. The zero-order valence-electron chi connectivity index (χ0n) is 30.4. The molecule has 1 aliphatic heterocycles. The van der Waals surface area contributed by atoms with Crippen LogP contribution >= 0.6 is 0 Å². The quantitative estimate of drug-likeness (QED) is 0.182. The van der Waals surface area contributed by atoms with Crippen LogP contribution in [0.3, 0.4) is 0 Å². The molecule has 0 fully saturated rings. The monoisotopic (exact) mass is 714 g/mol. The van der Waals surface area contributed by atoms with E-state index in [0.29, 0.717) is 0 Å². The van der Waals surface area contributed by atoms with Crippen LogP contribution < -0.4 is 4.74 Å². The third kappa shape index (κ3) is 5.25. The Balaban J connectivity index is 1.18. The summed E-state index contributed by atoms with van der Waals surface area (Å²) < 4.78 is 9.45. The number of hydrogen-bond acceptors (Lipinski definition) is 2. The Labute approximate surface area is 325 Å². The van der Waals surface area contributed by atoms with E-state index in [0.717, 1.165) is 89.3 Å². The summed E-state index contributed by atoms with van der Waals surface area (Å²) >= 11 is 0. The SMILES string of the molecule is c1ccc(-c2nc3cc(-c4ccc5c(c4)-c4ccc6ccccc6c4Oc4ccccc4-c4ccccc4-c4ccccc4-5)ccc3n2-c2ccccc2)cc1. The summed E-state index contributed by atoms with van der Waals surface area (Å²) in [5.74, 6) is 2.58. The summed E-state index contributed by atoms with van der Waals surface area (Å²) in [5, 5.41) is 2.20. The molecule has 0 bridgehead atoms. The summed E-state index contributed by atoms with van der Waals surface area (Å²) in [5.41, 5.74) is 15.3. The number of imidazole rings is 1. The zero-order chi connectivity index (χ0) is 37.0. The Morgan fingerprint density at radius 3 is 1.68 bits per heavy atom. The van der Waals surface area contributed by atoms with E-state index in [-0.39, 0.29) is 0 Å². The third-order valence-corrected chi connectivity index (χ3v) is 11.0. The third-order valence-electron chi connectivity index (χ3n) is 11.0. The Morgan fingerprint density at radius 2 is 0.929 bits per heavy atom. The fraction of sp³-hybridized carbons (Fsp3) is 0. The van der Waals surface area contributed by atoms with E-state index in [1.54, 1.807) is 0 Å². The van der Waals surface area contributed by atoms with Crippen LogP contribution in [0.4, 0.5) is 0 Å². The minimum atomic E-state index is 0.823. The molecule has 1 aromatic heterocycles. The molecular formula is C53H34N2O. The van der Waals surface area contributed by atoms with Crippen LogP contribution in [0.15, 0.2) is 206 Å². The van der Waals surface area contributed by atoms with Crippen molar-refractivity contribution in [3.63, 3.8) is 0 Å². The van der Waals surface area contributed by atoms with Crippen molar-refractivity contribution in [3.8, 4) is 84.2 Å². The first-order valence-electron chi connectivity index (χ1n) is 19.0. The fourth-order valence-corrected chi connectivity index (χ4v) is 8.42. The lowest BCUT2D eigenvalue weighted by Gasteiger charge is -2.19. The van der Waals surface area contributed by atoms with Gasteiger partial charge in [-0.3, -0.25) is 4.57 Å². The molecule has 0 N–H and O–H groups in total. The van der Waals surface area contributed by atoms with Crippen molar-refractivity contribution >= 4 is 21.8 Å². The van der Waals surface area contributed by atoms with Gasteiger partial charge >= 0.3 is 0 Å². The lowest BCUT2D eigenvalue weighted by molar-refractivity contribution is 0.492. The number of hydrogen-bond donors (Lipinski definition) is 0. The number of fused-ring (bicyclic) bond motifs is 12. The average Bonchev–Trinajstić information content (AvgIpc) is 3.66.